The molecule has 2 aromatic rings. The summed E-state index contributed by atoms with van der Waals surface area (Å²) in [4.78, 5) is 2.26. The van der Waals surface area contributed by atoms with Crippen molar-refractivity contribution in [2.24, 2.45) is 0 Å². The Morgan fingerprint density at radius 2 is 1.76 bits per heavy atom. The lowest BCUT2D eigenvalue weighted by Gasteiger charge is -2.29. The summed E-state index contributed by atoms with van der Waals surface area (Å²) in [5.41, 5.74) is 1.77. The van der Waals surface area contributed by atoms with Crippen LogP contribution in [0.3, 0.4) is 0 Å². The normalized spacial score (nSPS) is 22.8. The molecule has 2 nitrogen and oxygen atoms in total. The Morgan fingerprint density at radius 3 is 2.48 bits per heavy atom. The molecule has 4 rings (SSSR count). The van der Waals surface area contributed by atoms with E-state index in [0.717, 1.165) is 31.3 Å². The van der Waals surface area contributed by atoms with E-state index in [0.29, 0.717) is 5.56 Å². The lowest BCUT2D eigenvalue weighted by atomic mass is 9.87. The molecule has 2 aliphatic heterocycles. The highest BCUT2D eigenvalue weighted by atomic mass is 35.5. The van der Waals surface area contributed by atoms with Crippen LogP contribution in [0.15, 0.2) is 48.5 Å². The van der Waals surface area contributed by atoms with Crippen molar-refractivity contribution in [3.05, 3.63) is 70.8 Å². The molecule has 0 bridgehead atoms. The molecule has 0 N–H and O–H groups in total. The largest absolute Gasteiger partial charge is 0.416 e. The lowest BCUT2D eigenvalue weighted by molar-refractivity contribution is -0.139. The predicted octanol–water partition coefficient (Wildman–Crippen LogP) is 4.63. The number of likely N-dealkylation sites (tertiary alicyclic amines) is 1. The summed E-state index contributed by atoms with van der Waals surface area (Å²) >= 11 is 0. The second-order valence-corrected chi connectivity index (χ2v) is 6.51. The summed E-state index contributed by atoms with van der Waals surface area (Å²) in [5, 5.41) is 0. The molecule has 0 unspecified atom stereocenters. The molecule has 1 fully saturated rings. The van der Waals surface area contributed by atoms with E-state index in [-0.39, 0.29) is 31.0 Å². The van der Waals surface area contributed by atoms with Crippen LogP contribution >= 0.6 is 12.4 Å². The molecule has 0 spiro atoms. The highest BCUT2D eigenvalue weighted by Crippen LogP contribution is 2.42. The molecule has 134 valence electrons. The van der Waals surface area contributed by atoms with Crippen LogP contribution in [0.25, 0.3) is 0 Å². The number of rotatable bonds is 2. The van der Waals surface area contributed by atoms with Gasteiger partial charge in [-0.15, -0.1) is 12.4 Å². The van der Waals surface area contributed by atoms with Gasteiger partial charge in [-0.3, -0.25) is 4.90 Å². The molecule has 0 aromatic heterocycles. The Bertz CT molecular complexity index is 735. The van der Waals surface area contributed by atoms with E-state index in [1.54, 1.807) is 0 Å². The minimum Gasteiger partial charge on any atom is -0.371 e. The smallest absolute Gasteiger partial charge is 0.371 e. The molecule has 0 aliphatic carbocycles. The van der Waals surface area contributed by atoms with E-state index in [4.69, 9.17) is 4.74 Å². The van der Waals surface area contributed by atoms with Gasteiger partial charge in [0.15, 0.2) is 0 Å². The molecule has 0 radical (unpaired) electrons. The molecule has 0 amide bonds. The van der Waals surface area contributed by atoms with Crippen molar-refractivity contribution >= 4 is 12.4 Å². The summed E-state index contributed by atoms with van der Waals surface area (Å²) in [7, 11) is 0. The fraction of sp³-hybridized carbons (Fsp3) is 0.368. The number of benzene rings is 2. The first-order valence-corrected chi connectivity index (χ1v) is 8.09. The number of nitrogens with zero attached hydrogens (tertiary/aromatic N) is 1. The molecule has 25 heavy (non-hydrogen) atoms. The van der Waals surface area contributed by atoms with Gasteiger partial charge in [0.25, 0.3) is 0 Å². The summed E-state index contributed by atoms with van der Waals surface area (Å²) in [5.74, 6) is 0.0137. The Morgan fingerprint density at radius 1 is 1.00 bits per heavy atom. The predicted molar refractivity (Wildman–Crippen MR) is 91.7 cm³/mol. The van der Waals surface area contributed by atoms with Crippen LogP contribution in [0.5, 0.6) is 0 Å². The van der Waals surface area contributed by atoms with Gasteiger partial charge in [-0.05, 0) is 22.8 Å². The van der Waals surface area contributed by atoms with Crippen molar-refractivity contribution in [2.75, 3.05) is 13.1 Å². The molecule has 1 saturated heterocycles. The van der Waals surface area contributed by atoms with E-state index >= 15 is 0 Å². The highest BCUT2D eigenvalue weighted by molar-refractivity contribution is 5.85. The molecular weight excluding hydrogens is 351 g/mol. The van der Waals surface area contributed by atoms with Crippen LogP contribution in [0.1, 0.15) is 28.2 Å². The quantitative estimate of drug-likeness (QED) is 0.765. The van der Waals surface area contributed by atoms with Crippen molar-refractivity contribution in [1.29, 1.82) is 0 Å². The maximum absolute atomic E-state index is 13.2. The molecule has 2 atom stereocenters. The Kier molecular flexibility index (Phi) is 5.09. The average Bonchev–Trinajstić information content (AvgIpc) is 2.97. The van der Waals surface area contributed by atoms with Crippen molar-refractivity contribution in [2.45, 2.75) is 31.3 Å². The Hall–Kier alpha value is -1.56. The fourth-order valence-electron chi connectivity index (χ4n) is 3.86. The SMILES string of the molecule is Cl.FC(F)(F)c1cccc2c1CO[C@@H]1CN(Cc3ccccc3)C[C@H]21. The number of halogens is 4. The Balaban J connectivity index is 0.00000182. The second-order valence-electron chi connectivity index (χ2n) is 6.51. The van der Waals surface area contributed by atoms with E-state index in [1.807, 2.05) is 24.3 Å². The van der Waals surface area contributed by atoms with E-state index in [9.17, 15) is 13.2 Å². The van der Waals surface area contributed by atoms with Crippen LogP contribution < -0.4 is 0 Å². The van der Waals surface area contributed by atoms with E-state index < -0.39 is 11.7 Å². The minimum atomic E-state index is -4.33. The first-order chi connectivity index (χ1) is 11.5. The average molecular weight is 370 g/mol. The van der Waals surface area contributed by atoms with Gasteiger partial charge in [0, 0.05) is 25.6 Å². The molecule has 6 heteroatoms. The molecule has 2 aliphatic rings. The van der Waals surface area contributed by atoms with Crippen LogP contribution in [0.2, 0.25) is 0 Å². The summed E-state index contributed by atoms with van der Waals surface area (Å²) in [6.45, 7) is 2.33. The summed E-state index contributed by atoms with van der Waals surface area (Å²) < 4.78 is 45.4. The third-order valence-electron chi connectivity index (χ3n) is 4.95. The maximum atomic E-state index is 13.2. The second kappa shape index (κ2) is 6.98. The minimum absolute atomic E-state index is 0. The number of hydrogen-bond donors (Lipinski definition) is 0. The first kappa shape index (κ1) is 18.2. The third kappa shape index (κ3) is 3.54. The third-order valence-corrected chi connectivity index (χ3v) is 4.95. The first-order valence-electron chi connectivity index (χ1n) is 8.09. The van der Waals surface area contributed by atoms with E-state index in [2.05, 4.69) is 17.0 Å². The molecule has 2 aromatic carbocycles. The van der Waals surface area contributed by atoms with Gasteiger partial charge in [0.1, 0.15) is 0 Å². The highest BCUT2D eigenvalue weighted by Gasteiger charge is 2.42. The Labute approximate surface area is 151 Å². The van der Waals surface area contributed by atoms with Gasteiger partial charge in [-0.2, -0.15) is 13.2 Å². The van der Waals surface area contributed by atoms with Crippen LogP contribution in [-0.2, 0) is 24.1 Å². The van der Waals surface area contributed by atoms with Crippen LogP contribution in [-0.4, -0.2) is 24.1 Å². The van der Waals surface area contributed by atoms with Gasteiger partial charge in [-0.25, -0.2) is 0 Å². The van der Waals surface area contributed by atoms with Crippen LogP contribution in [0, 0.1) is 0 Å². The zero-order valence-corrected chi connectivity index (χ0v) is 14.3. The fourth-order valence-corrected chi connectivity index (χ4v) is 3.86. The van der Waals surface area contributed by atoms with Gasteiger partial charge in [-0.1, -0.05) is 42.5 Å². The lowest BCUT2D eigenvalue weighted by Crippen LogP contribution is -2.28. The topological polar surface area (TPSA) is 12.5 Å². The van der Waals surface area contributed by atoms with Gasteiger partial charge in [0.2, 0.25) is 0 Å². The monoisotopic (exact) mass is 369 g/mol. The van der Waals surface area contributed by atoms with Gasteiger partial charge >= 0.3 is 6.18 Å². The van der Waals surface area contributed by atoms with Crippen molar-refractivity contribution < 1.29 is 17.9 Å². The molecule has 0 saturated carbocycles. The number of ether oxygens (including phenoxy) is 1. The molecule has 2 heterocycles. The van der Waals surface area contributed by atoms with Crippen molar-refractivity contribution in [3.8, 4) is 0 Å². The number of fused-ring (bicyclic) bond motifs is 3. The van der Waals surface area contributed by atoms with Gasteiger partial charge < -0.3 is 4.74 Å². The standard InChI is InChI=1S/C19H18F3NO.ClH/c20-19(21,22)17-8-4-7-14-15-10-23(9-13-5-2-1-3-6-13)11-18(15)24-12-16(14)17;/h1-8,15,18H,9-12H2;1H/t15-,18-;/m1./s1. The van der Waals surface area contributed by atoms with E-state index in [1.165, 1.54) is 11.6 Å². The molecular formula is C19H19ClF3NO. The van der Waals surface area contributed by atoms with Crippen LogP contribution in [0.4, 0.5) is 13.2 Å². The summed E-state index contributed by atoms with van der Waals surface area (Å²) in [6, 6.07) is 14.6. The number of hydrogen-bond acceptors (Lipinski definition) is 2. The number of alkyl halides is 3. The summed E-state index contributed by atoms with van der Waals surface area (Å²) in [6.07, 6.45) is -4.35. The van der Waals surface area contributed by atoms with Crippen molar-refractivity contribution in [1.82, 2.24) is 4.90 Å². The maximum Gasteiger partial charge on any atom is 0.416 e. The van der Waals surface area contributed by atoms with Gasteiger partial charge in [0.05, 0.1) is 18.3 Å². The van der Waals surface area contributed by atoms with Crippen molar-refractivity contribution in [3.63, 3.8) is 0 Å². The zero-order valence-electron chi connectivity index (χ0n) is 13.5. The zero-order chi connectivity index (χ0) is 16.7.